The van der Waals surface area contributed by atoms with Crippen LogP contribution in [0.15, 0.2) is 36.4 Å². The van der Waals surface area contributed by atoms with Crippen LogP contribution in [0.5, 0.6) is 0 Å². The first-order valence-electron chi connectivity index (χ1n) is 9.00. The Morgan fingerprint density at radius 2 is 1.85 bits per heavy atom. The summed E-state index contributed by atoms with van der Waals surface area (Å²) in [6, 6.07) is 10.6. The van der Waals surface area contributed by atoms with Crippen molar-refractivity contribution in [3.05, 3.63) is 63.7 Å². The first-order valence-corrected chi connectivity index (χ1v) is 9.41. The SMILES string of the molecule is CCN(CC)Cc1ccccc1CNC(=O)c1cc(F)cc2[nH]c(=S)[nH]c12. The summed E-state index contributed by atoms with van der Waals surface area (Å²) in [6.07, 6.45) is 0. The highest BCUT2D eigenvalue weighted by Crippen LogP contribution is 2.18. The molecule has 3 N–H and O–H groups in total. The van der Waals surface area contributed by atoms with E-state index < -0.39 is 5.82 Å². The van der Waals surface area contributed by atoms with Gasteiger partial charge < -0.3 is 15.3 Å². The molecule has 0 unspecified atom stereocenters. The lowest BCUT2D eigenvalue weighted by molar-refractivity contribution is 0.0952. The fraction of sp³-hybridized carbons (Fsp3) is 0.300. The number of carbonyl (C=O) groups is 1. The number of rotatable bonds is 7. The number of nitrogens with one attached hydrogen (secondary N) is 3. The zero-order valence-corrected chi connectivity index (χ0v) is 16.3. The number of hydrogen-bond donors (Lipinski definition) is 3. The summed E-state index contributed by atoms with van der Waals surface area (Å²) in [5.41, 5.74) is 3.44. The molecule has 0 aliphatic carbocycles. The fourth-order valence-electron chi connectivity index (χ4n) is 3.13. The number of fused-ring (bicyclic) bond motifs is 1. The summed E-state index contributed by atoms with van der Waals surface area (Å²) in [5, 5.41) is 2.90. The van der Waals surface area contributed by atoms with Gasteiger partial charge in [0.1, 0.15) is 5.82 Å². The summed E-state index contributed by atoms with van der Waals surface area (Å²) in [6.45, 7) is 7.39. The maximum absolute atomic E-state index is 13.9. The van der Waals surface area contributed by atoms with E-state index in [0.717, 1.165) is 25.2 Å². The molecular formula is C20H23FN4OS. The van der Waals surface area contributed by atoms with Gasteiger partial charge >= 0.3 is 0 Å². The Morgan fingerprint density at radius 1 is 1.15 bits per heavy atom. The topological polar surface area (TPSA) is 63.9 Å². The largest absolute Gasteiger partial charge is 0.348 e. The predicted octanol–water partition coefficient (Wildman–Crippen LogP) is 4.14. The van der Waals surface area contributed by atoms with E-state index in [1.165, 1.54) is 17.7 Å². The molecule has 142 valence electrons. The van der Waals surface area contributed by atoms with Crippen molar-refractivity contribution in [2.45, 2.75) is 26.9 Å². The zero-order valence-electron chi connectivity index (χ0n) is 15.4. The molecule has 0 aliphatic heterocycles. The third-order valence-electron chi connectivity index (χ3n) is 4.68. The van der Waals surface area contributed by atoms with Gasteiger partial charge in [-0.05, 0) is 48.6 Å². The summed E-state index contributed by atoms with van der Waals surface area (Å²) in [4.78, 5) is 20.8. The lowest BCUT2D eigenvalue weighted by Gasteiger charge is -2.20. The van der Waals surface area contributed by atoms with E-state index in [1.807, 2.05) is 18.2 Å². The highest BCUT2D eigenvalue weighted by atomic mass is 32.1. The van der Waals surface area contributed by atoms with E-state index in [0.29, 0.717) is 22.3 Å². The van der Waals surface area contributed by atoms with Gasteiger partial charge in [0.25, 0.3) is 5.91 Å². The number of hydrogen-bond acceptors (Lipinski definition) is 3. The quantitative estimate of drug-likeness (QED) is 0.535. The number of imidazole rings is 1. The van der Waals surface area contributed by atoms with Gasteiger partial charge in [0.2, 0.25) is 0 Å². The first kappa shape index (κ1) is 19.3. The van der Waals surface area contributed by atoms with Crippen LogP contribution >= 0.6 is 12.2 Å². The Kier molecular flexibility index (Phi) is 6.03. The van der Waals surface area contributed by atoms with Crippen LogP contribution in [0.1, 0.15) is 35.3 Å². The standard InChI is InChI=1S/C20H23FN4OS/c1-3-25(4-2)12-14-8-6-5-7-13(14)11-22-19(26)16-9-15(21)10-17-18(16)24-20(27)23-17/h5-10H,3-4,11-12H2,1-2H3,(H,22,26)(H2,23,24,27). The lowest BCUT2D eigenvalue weighted by Crippen LogP contribution is -2.26. The first-order chi connectivity index (χ1) is 13.0. The van der Waals surface area contributed by atoms with Gasteiger partial charge in [-0.2, -0.15) is 0 Å². The second kappa shape index (κ2) is 8.45. The van der Waals surface area contributed by atoms with Crippen LogP contribution in [0, 0.1) is 10.6 Å². The molecule has 0 saturated carbocycles. The van der Waals surface area contributed by atoms with Crippen LogP contribution in [0.25, 0.3) is 11.0 Å². The third-order valence-corrected chi connectivity index (χ3v) is 4.88. The van der Waals surface area contributed by atoms with Crippen molar-refractivity contribution in [2.24, 2.45) is 0 Å². The summed E-state index contributed by atoms with van der Waals surface area (Å²) in [7, 11) is 0. The van der Waals surface area contributed by atoms with Crippen molar-refractivity contribution in [1.29, 1.82) is 0 Å². The van der Waals surface area contributed by atoms with Crippen molar-refractivity contribution in [2.75, 3.05) is 13.1 Å². The number of nitrogens with zero attached hydrogens (tertiary/aromatic N) is 1. The second-order valence-electron chi connectivity index (χ2n) is 6.37. The second-order valence-corrected chi connectivity index (χ2v) is 6.78. The molecule has 0 saturated heterocycles. The summed E-state index contributed by atoms with van der Waals surface area (Å²) in [5.74, 6) is -0.831. The molecule has 1 heterocycles. The Labute approximate surface area is 162 Å². The van der Waals surface area contributed by atoms with E-state index in [4.69, 9.17) is 12.2 Å². The van der Waals surface area contributed by atoms with E-state index in [2.05, 4.69) is 40.1 Å². The minimum absolute atomic E-state index is 0.235. The maximum atomic E-state index is 13.9. The van der Waals surface area contributed by atoms with Crippen molar-refractivity contribution in [3.63, 3.8) is 0 Å². The highest BCUT2D eigenvalue weighted by molar-refractivity contribution is 7.71. The molecule has 7 heteroatoms. The van der Waals surface area contributed by atoms with Crippen LogP contribution in [0.2, 0.25) is 0 Å². The molecule has 1 aromatic heterocycles. The fourth-order valence-corrected chi connectivity index (χ4v) is 3.34. The molecule has 2 aromatic carbocycles. The number of aromatic amines is 2. The Balaban J connectivity index is 1.80. The molecule has 0 fully saturated rings. The number of halogens is 1. The molecule has 3 rings (SSSR count). The molecule has 0 radical (unpaired) electrons. The van der Waals surface area contributed by atoms with Crippen LogP contribution in [-0.4, -0.2) is 33.9 Å². The molecule has 3 aromatic rings. The average molecular weight is 386 g/mol. The van der Waals surface area contributed by atoms with Gasteiger partial charge in [0.15, 0.2) is 4.77 Å². The van der Waals surface area contributed by atoms with Gasteiger partial charge in [0.05, 0.1) is 16.6 Å². The number of aromatic nitrogens is 2. The normalized spacial score (nSPS) is 11.3. The van der Waals surface area contributed by atoms with Gasteiger partial charge in [-0.1, -0.05) is 38.1 Å². The Hall–Kier alpha value is -2.51. The molecule has 5 nitrogen and oxygen atoms in total. The van der Waals surface area contributed by atoms with Crippen LogP contribution in [0.4, 0.5) is 4.39 Å². The van der Waals surface area contributed by atoms with Crippen molar-refractivity contribution >= 4 is 29.2 Å². The molecule has 1 amide bonds. The van der Waals surface area contributed by atoms with Crippen LogP contribution < -0.4 is 5.32 Å². The van der Waals surface area contributed by atoms with Gasteiger partial charge in [-0.25, -0.2) is 4.39 Å². The van der Waals surface area contributed by atoms with Crippen LogP contribution in [0.3, 0.4) is 0 Å². The minimum atomic E-state index is -0.486. The summed E-state index contributed by atoms with van der Waals surface area (Å²) >= 11 is 5.05. The third kappa shape index (κ3) is 4.43. The van der Waals surface area contributed by atoms with Gasteiger partial charge in [-0.3, -0.25) is 9.69 Å². The highest BCUT2D eigenvalue weighted by Gasteiger charge is 2.15. The summed E-state index contributed by atoms with van der Waals surface area (Å²) < 4.78 is 14.2. The molecular weight excluding hydrogens is 363 g/mol. The van der Waals surface area contributed by atoms with E-state index >= 15 is 0 Å². The van der Waals surface area contributed by atoms with Crippen molar-refractivity contribution < 1.29 is 9.18 Å². The molecule has 0 spiro atoms. The number of amides is 1. The van der Waals surface area contributed by atoms with E-state index in [1.54, 1.807) is 0 Å². The van der Waals surface area contributed by atoms with Crippen LogP contribution in [-0.2, 0) is 13.1 Å². The van der Waals surface area contributed by atoms with Crippen molar-refractivity contribution in [3.8, 4) is 0 Å². The van der Waals surface area contributed by atoms with E-state index in [-0.39, 0.29) is 11.5 Å². The zero-order chi connectivity index (χ0) is 19.4. The molecule has 27 heavy (non-hydrogen) atoms. The Morgan fingerprint density at radius 3 is 2.56 bits per heavy atom. The van der Waals surface area contributed by atoms with Crippen molar-refractivity contribution in [1.82, 2.24) is 20.2 Å². The lowest BCUT2D eigenvalue weighted by atomic mass is 10.1. The molecule has 0 aliphatic rings. The monoisotopic (exact) mass is 386 g/mol. The minimum Gasteiger partial charge on any atom is -0.348 e. The molecule has 0 atom stereocenters. The average Bonchev–Trinajstić information content (AvgIpc) is 3.04. The van der Waals surface area contributed by atoms with Gasteiger partial charge in [0, 0.05) is 13.1 Å². The number of H-pyrrole nitrogens is 2. The molecule has 0 bridgehead atoms. The van der Waals surface area contributed by atoms with E-state index in [9.17, 15) is 9.18 Å². The Bertz CT molecular complexity index is 1010. The number of carbonyl (C=O) groups excluding carboxylic acids is 1. The van der Waals surface area contributed by atoms with Gasteiger partial charge in [-0.15, -0.1) is 0 Å². The maximum Gasteiger partial charge on any atom is 0.253 e. The smallest absolute Gasteiger partial charge is 0.253 e. The predicted molar refractivity (Wildman–Crippen MR) is 108 cm³/mol. The number of benzene rings is 2.